The molecule has 0 bridgehead atoms. The third kappa shape index (κ3) is 1.89. The highest BCUT2D eigenvalue weighted by atomic mass is 16.6. The van der Waals surface area contributed by atoms with Crippen molar-refractivity contribution in [3.8, 4) is 0 Å². The van der Waals surface area contributed by atoms with Gasteiger partial charge in [0.2, 0.25) is 5.82 Å². The lowest BCUT2D eigenvalue weighted by Crippen LogP contribution is -2.02. The first-order chi connectivity index (χ1) is 6.99. The van der Waals surface area contributed by atoms with Crippen LogP contribution in [0, 0.1) is 17.0 Å². The topological polar surface area (TPSA) is 110 Å². The smallest absolute Gasteiger partial charge is 0.258 e. The highest BCUT2D eigenvalue weighted by Crippen LogP contribution is 2.32. The van der Waals surface area contributed by atoms with Crippen molar-refractivity contribution in [2.24, 2.45) is 5.11 Å². The summed E-state index contributed by atoms with van der Waals surface area (Å²) in [5, 5.41) is 18.0. The maximum atomic E-state index is 10.7. The van der Waals surface area contributed by atoms with Gasteiger partial charge in [0.15, 0.2) is 0 Å². The maximum Gasteiger partial charge on any atom is 0.319 e. The molecule has 0 amide bonds. The van der Waals surface area contributed by atoms with E-state index in [4.69, 9.17) is 5.53 Å². The van der Waals surface area contributed by atoms with E-state index in [1.807, 2.05) is 0 Å². The van der Waals surface area contributed by atoms with E-state index in [0.29, 0.717) is 0 Å². The van der Waals surface area contributed by atoms with E-state index in [1.54, 1.807) is 13.8 Å². The third-order valence-electron chi connectivity index (χ3n) is 1.84. The first-order valence-corrected chi connectivity index (χ1v) is 4.27. The van der Waals surface area contributed by atoms with Crippen LogP contribution in [0.1, 0.15) is 25.6 Å². The second-order valence-electron chi connectivity index (χ2n) is 3.24. The van der Waals surface area contributed by atoms with E-state index in [-0.39, 0.29) is 23.2 Å². The Labute approximate surface area is 85.3 Å². The van der Waals surface area contributed by atoms with Crippen LogP contribution in [-0.4, -0.2) is 14.7 Å². The van der Waals surface area contributed by atoms with Crippen LogP contribution in [0.25, 0.3) is 10.4 Å². The van der Waals surface area contributed by atoms with E-state index < -0.39 is 4.92 Å². The van der Waals surface area contributed by atoms with E-state index in [9.17, 15) is 10.1 Å². The van der Waals surface area contributed by atoms with Gasteiger partial charge in [-0.1, -0.05) is 0 Å². The summed E-state index contributed by atoms with van der Waals surface area (Å²) in [6.45, 7) is 5.10. The fourth-order valence-corrected chi connectivity index (χ4v) is 1.24. The van der Waals surface area contributed by atoms with Crippen LogP contribution in [0.3, 0.4) is 0 Å². The molecule has 0 saturated heterocycles. The van der Waals surface area contributed by atoms with Gasteiger partial charge in [0.1, 0.15) is 5.69 Å². The minimum absolute atomic E-state index is 0.0463. The molecule has 0 atom stereocenters. The maximum absolute atomic E-state index is 10.7. The molecule has 0 fully saturated rings. The molecule has 0 saturated carbocycles. The van der Waals surface area contributed by atoms with Gasteiger partial charge in [-0.15, -0.1) is 0 Å². The predicted octanol–water partition coefficient (Wildman–Crippen LogP) is 2.62. The van der Waals surface area contributed by atoms with E-state index >= 15 is 0 Å². The fourth-order valence-electron chi connectivity index (χ4n) is 1.24. The minimum Gasteiger partial charge on any atom is -0.258 e. The number of rotatable bonds is 3. The largest absolute Gasteiger partial charge is 0.319 e. The van der Waals surface area contributed by atoms with Crippen LogP contribution in [0.4, 0.5) is 11.5 Å². The van der Waals surface area contributed by atoms with Gasteiger partial charge in [-0.25, -0.2) is 0 Å². The van der Waals surface area contributed by atoms with Crippen LogP contribution in [0.15, 0.2) is 5.11 Å². The molecule has 8 nitrogen and oxygen atoms in total. The monoisotopic (exact) mass is 210 g/mol. The van der Waals surface area contributed by atoms with Crippen LogP contribution in [0.5, 0.6) is 0 Å². The van der Waals surface area contributed by atoms with Crippen LogP contribution < -0.4 is 0 Å². The molecular weight excluding hydrogens is 200 g/mol. The number of hydrogen-bond acceptors (Lipinski definition) is 4. The molecule has 1 aromatic rings. The molecule has 8 heteroatoms. The Morgan fingerprint density at radius 3 is 2.67 bits per heavy atom. The zero-order chi connectivity index (χ0) is 11.6. The summed E-state index contributed by atoms with van der Waals surface area (Å²) in [6, 6.07) is -0.0992. The number of azide groups is 1. The van der Waals surface area contributed by atoms with Crippen molar-refractivity contribution in [3.05, 3.63) is 26.3 Å². The lowest BCUT2D eigenvalue weighted by atomic mass is 10.3. The molecule has 0 spiro atoms. The van der Waals surface area contributed by atoms with E-state index in [1.165, 1.54) is 11.6 Å². The molecular formula is C7H10N6O2. The van der Waals surface area contributed by atoms with Gasteiger partial charge < -0.3 is 0 Å². The van der Waals surface area contributed by atoms with Gasteiger partial charge in [0, 0.05) is 11.0 Å². The average molecular weight is 210 g/mol. The number of nitrogens with zero attached hydrogens (tertiary/aromatic N) is 6. The van der Waals surface area contributed by atoms with Gasteiger partial charge in [-0.05, 0) is 31.4 Å². The van der Waals surface area contributed by atoms with Crippen molar-refractivity contribution in [2.45, 2.75) is 26.8 Å². The molecule has 0 aliphatic rings. The highest BCUT2D eigenvalue weighted by Gasteiger charge is 2.25. The van der Waals surface area contributed by atoms with E-state index in [2.05, 4.69) is 15.1 Å². The fraction of sp³-hybridized carbons (Fsp3) is 0.571. The highest BCUT2D eigenvalue weighted by molar-refractivity contribution is 5.55. The summed E-state index contributed by atoms with van der Waals surface area (Å²) >= 11 is 0. The number of nitro groups is 1. The van der Waals surface area contributed by atoms with Crippen molar-refractivity contribution in [1.29, 1.82) is 0 Å². The second-order valence-corrected chi connectivity index (χ2v) is 3.24. The number of hydrogen-bond donors (Lipinski definition) is 0. The Morgan fingerprint density at radius 1 is 1.67 bits per heavy atom. The van der Waals surface area contributed by atoms with Crippen molar-refractivity contribution in [3.63, 3.8) is 0 Å². The Bertz CT molecular complexity index is 443. The van der Waals surface area contributed by atoms with Crippen molar-refractivity contribution >= 4 is 11.5 Å². The summed E-state index contributed by atoms with van der Waals surface area (Å²) in [7, 11) is 0. The third-order valence-corrected chi connectivity index (χ3v) is 1.84. The SMILES string of the molecule is Cc1nn(C(C)C)c(N=[N+]=[N-])c1[N+](=O)[O-]. The zero-order valence-electron chi connectivity index (χ0n) is 8.58. The van der Waals surface area contributed by atoms with Crippen molar-refractivity contribution in [1.82, 2.24) is 9.78 Å². The molecule has 15 heavy (non-hydrogen) atoms. The average Bonchev–Trinajstić information content (AvgIpc) is 2.43. The Kier molecular flexibility index (Phi) is 2.91. The van der Waals surface area contributed by atoms with Crippen molar-refractivity contribution in [2.75, 3.05) is 0 Å². The quantitative estimate of drug-likeness (QED) is 0.251. The lowest BCUT2D eigenvalue weighted by molar-refractivity contribution is -0.384. The summed E-state index contributed by atoms with van der Waals surface area (Å²) in [4.78, 5) is 12.7. The van der Waals surface area contributed by atoms with E-state index in [0.717, 1.165) is 0 Å². The van der Waals surface area contributed by atoms with Crippen LogP contribution in [0.2, 0.25) is 0 Å². The standard InChI is InChI=1S/C7H10N6O2/c1-4(2)12-7(9-11-8)6(13(14)15)5(3)10-12/h4H,1-3H3. The van der Waals surface area contributed by atoms with Gasteiger partial charge in [0.25, 0.3) is 0 Å². The number of aromatic nitrogens is 2. The first kappa shape index (κ1) is 11.0. The molecule has 80 valence electrons. The summed E-state index contributed by atoms with van der Waals surface area (Å²) < 4.78 is 1.34. The summed E-state index contributed by atoms with van der Waals surface area (Å²) in [6.07, 6.45) is 0. The Balaban J connectivity index is 3.50. The van der Waals surface area contributed by atoms with Gasteiger partial charge in [-0.3, -0.25) is 14.8 Å². The normalized spacial score (nSPS) is 10.1. The first-order valence-electron chi connectivity index (χ1n) is 4.27. The molecule has 0 aliphatic heterocycles. The van der Waals surface area contributed by atoms with Gasteiger partial charge >= 0.3 is 5.69 Å². The minimum atomic E-state index is -0.592. The molecule has 0 aliphatic carbocycles. The predicted molar refractivity (Wildman–Crippen MR) is 52.8 cm³/mol. The zero-order valence-corrected chi connectivity index (χ0v) is 8.58. The van der Waals surface area contributed by atoms with Gasteiger partial charge in [-0.2, -0.15) is 5.10 Å². The molecule has 0 radical (unpaired) electrons. The number of aryl methyl sites for hydroxylation is 1. The molecule has 0 aromatic carbocycles. The summed E-state index contributed by atoms with van der Waals surface area (Å²) in [5.41, 5.74) is 8.35. The molecule has 1 aromatic heterocycles. The summed E-state index contributed by atoms with van der Waals surface area (Å²) in [5.74, 6) is -0.0463. The van der Waals surface area contributed by atoms with Crippen LogP contribution >= 0.6 is 0 Å². The molecule has 0 unspecified atom stereocenters. The Hall–Kier alpha value is -2.08. The van der Waals surface area contributed by atoms with Gasteiger partial charge in [0.05, 0.1) is 4.92 Å². The Morgan fingerprint density at radius 2 is 2.27 bits per heavy atom. The molecule has 1 heterocycles. The lowest BCUT2D eigenvalue weighted by Gasteiger charge is -2.05. The second kappa shape index (κ2) is 3.97. The molecule has 1 rings (SSSR count). The van der Waals surface area contributed by atoms with Crippen molar-refractivity contribution < 1.29 is 4.92 Å². The van der Waals surface area contributed by atoms with Crippen LogP contribution in [-0.2, 0) is 0 Å². The molecule has 0 N–H and O–H groups in total.